The molecule has 1 aromatic heterocycles. The minimum atomic E-state index is -3.58. The molecule has 7 heteroatoms. The number of nitrogens with zero attached hydrogens (tertiary/aromatic N) is 1. The number of hydrogen-bond donors (Lipinski definition) is 2. The summed E-state index contributed by atoms with van der Waals surface area (Å²) in [6.45, 7) is 0. The van der Waals surface area contributed by atoms with E-state index in [4.69, 9.17) is 11.0 Å². The first-order chi connectivity index (χ1) is 9.02. The Labute approximate surface area is 115 Å². The number of benzene rings is 1. The normalized spacial score (nSPS) is 10.9. The molecule has 3 N–H and O–H groups in total. The number of rotatable bonds is 4. The van der Waals surface area contributed by atoms with E-state index in [1.54, 1.807) is 35.7 Å². The van der Waals surface area contributed by atoms with E-state index in [1.165, 1.54) is 11.3 Å². The number of sulfonamides is 1. The predicted molar refractivity (Wildman–Crippen MR) is 76.1 cm³/mol. The first-order valence-corrected chi connectivity index (χ1v) is 7.86. The van der Waals surface area contributed by atoms with Gasteiger partial charge < -0.3 is 5.73 Å². The number of anilines is 2. The molecule has 1 heterocycles. The Hall–Kier alpha value is -2.04. The standard InChI is InChI=1S/C12H11N3O2S2/c13-7-9-5-6-18-12(9)15-19(16,17)8-10-3-1-2-4-11(10)14/h1-6,15H,8,14H2. The summed E-state index contributed by atoms with van der Waals surface area (Å²) in [5.41, 5.74) is 6.99. The van der Waals surface area contributed by atoms with Gasteiger partial charge in [0.2, 0.25) is 10.0 Å². The van der Waals surface area contributed by atoms with E-state index in [1.807, 2.05) is 6.07 Å². The quantitative estimate of drug-likeness (QED) is 0.844. The fourth-order valence-corrected chi connectivity index (χ4v) is 3.82. The van der Waals surface area contributed by atoms with Gasteiger partial charge in [0.1, 0.15) is 11.1 Å². The Morgan fingerprint density at radius 1 is 1.32 bits per heavy atom. The fraction of sp³-hybridized carbons (Fsp3) is 0.0833. The van der Waals surface area contributed by atoms with Crippen LogP contribution in [0.25, 0.3) is 0 Å². The van der Waals surface area contributed by atoms with Crippen molar-refractivity contribution in [2.24, 2.45) is 0 Å². The Kier molecular flexibility index (Phi) is 3.74. The molecular weight excluding hydrogens is 282 g/mol. The molecule has 0 aliphatic rings. The molecule has 0 aliphatic carbocycles. The van der Waals surface area contributed by atoms with Crippen molar-refractivity contribution < 1.29 is 8.42 Å². The van der Waals surface area contributed by atoms with Gasteiger partial charge in [0, 0.05) is 5.69 Å². The third-order valence-electron chi connectivity index (χ3n) is 2.43. The zero-order valence-electron chi connectivity index (χ0n) is 9.83. The minimum absolute atomic E-state index is 0.220. The topological polar surface area (TPSA) is 96.0 Å². The highest BCUT2D eigenvalue weighted by atomic mass is 32.2. The second-order valence-corrected chi connectivity index (χ2v) is 6.47. The summed E-state index contributed by atoms with van der Waals surface area (Å²) in [6, 6.07) is 10.3. The van der Waals surface area contributed by atoms with E-state index < -0.39 is 10.0 Å². The van der Waals surface area contributed by atoms with Gasteiger partial charge in [-0.25, -0.2) is 8.42 Å². The number of thiophene rings is 1. The van der Waals surface area contributed by atoms with Gasteiger partial charge in [0.05, 0.1) is 11.3 Å². The van der Waals surface area contributed by atoms with Gasteiger partial charge in [-0.3, -0.25) is 4.72 Å². The third kappa shape index (κ3) is 3.24. The first-order valence-electron chi connectivity index (χ1n) is 5.33. The number of nitrogens with one attached hydrogen (secondary N) is 1. The van der Waals surface area contributed by atoms with E-state index in [9.17, 15) is 8.42 Å². The van der Waals surface area contributed by atoms with Gasteiger partial charge >= 0.3 is 0 Å². The lowest BCUT2D eigenvalue weighted by Crippen LogP contribution is -2.15. The van der Waals surface area contributed by atoms with E-state index in [0.29, 0.717) is 21.8 Å². The smallest absolute Gasteiger partial charge is 0.237 e. The van der Waals surface area contributed by atoms with Crippen molar-refractivity contribution in [1.82, 2.24) is 0 Å². The Morgan fingerprint density at radius 3 is 2.74 bits per heavy atom. The molecule has 0 saturated carbocycles. The van der Waals surface area contributed by atoms with Crippen LogP contribution in [0.4, 0.5) is 10.7 Å². The van der Waals surface area contributed by atoms with E-state index in [2.05, 4.69) is 4.72 Å². The molecular formula is C12H11N3O2S2. The Bertz CT molecular complexity index is 719. The summed E-state index contributed by atoms with van der Waals surface area (Å²) in [5, 5.41) is 10.8. The van der Waals surface area contributed by atoms with Crippen LogP contribution in [-0.2, 0) is 15.8 Å². The maximum Gasteiger partial charge on any atom is 0.237 e. The lowest BCUT2D eigenvalue weighted by molar-refractivity contribution is 0.600. The van der Waals surface area contributed by atoms with Gasteiger partial charge in [-0.15, -0.1) is 11.3 Å². The summed E-state index contributed by atoms with van der Waals surface area (Å²) in [5.74, 6) is -0.220. The molecule has 0 bridgehead atoms. The van der Waals surface area contributed by atoms with Crippen LogP contribution in [0.15, 0.2) is 35.7 Å². The van der Waals surface area contributed by atoms with Gasteiger partial charge in [-0.05, 0) is 23.1 Å². The zero-order valence-corrected chi connectivity index (χ0v) is 11.5. The van der Waals surface area contributed by atoms with Crippen molar-refractivity contribution in [2.75, 3.05) is 10.5 Å². The molecule has 0 aliphatic heterocycles. The largest absolute Gasteiger partial charge is 0.398 e. The minimum Gasteiger partial charge on any atom is -0.398 e. The highest BCUT2D eigenvalue weighted by Crippen LogP contribution is 2.24. The SMILES string of the molecule is N#Cc1ccsc1NS(=O)(=O)Cc1ccccc1N. The molecule has 0 unspecified atom stereocenters. The number of para-hydroxylation sites is 1. The molecule has 0 spiro atoms. The fourth-order valence-electron chi connectivity index (χ4n) is 1.52. The Balaban J connectivity index is 2.21. The highest BCUT2D eigenvalue weighted by Gasteiger charge is 2.16. The monoisotopic (exact) mass is 293 g/mol. The molecule has 19 heavy (non-hydrogen) atoms. The summed E-state index contributed by atoms with van der Waals surface area (Å²) in [6.07, 6.45) is 0. The molecule has 0 radical (unpaired) electrons. The van der Waals surface area contributed by atoms with Gasteiger partial charge in [-0.2, -0.15) is 5.26 Å². The van der Waals surface area contributed by atoms with Crippen molar-refractivity contribution in [3.8, 4) is 6.07 Å². The van der Waals surface area contributed by atoms with Crippen LogP contribution in [0.2, 0.25) is 0 Å². The average molecular weight is 293 g/mol. The maximum atomic E-state index is 12.0. The van der Waals surface area contributed by atoms with Crippen LogP contribution in [0, 0.1) is 11.3 Å². The summed E-state index contributed by atoms with van der Waals surface area (Å²) in [4.78, 5) is 0. The molecule has 98 valence electrons. The molecule has 2 aromatic rings. The average Bonchev–Trinajstić information content (AvgIpc) is 2.78. The number of nitriles is 1. The Morgan fingerprint density at radius 2 is 2.05 bits per heavy atom. The summed E-state index contributed by atoms with van der Waals surface area (Å²) in [7, 11) is -3.58. The van der Waals surface area contributed by atoms with E-state index in [0.717, 1.165) is 0 Å². The predicted octanol–water partition coefficient (Wildman–Crippen LogP) is 2.14. The second-order valence-electron chi connectivity index (χ2n) is 3.84. The maximum absolute atomic E-state index is 12.0. The zero-order chi connectivity index (χ0) is 13.9. The van der Waals surface area contributed by atoms with Crippen molar-refractivity contribution in [3.63, 3.8) is 0 Å². The molecule has 0 fully saturated rings. The van der Waals surface area contributed by atoms with Crippen LogP contribution in [-0.4, -0.2) is 8.42 Å². The summed E-state index contributed by atoms with van der Waals surface area (Å²) >= 11 is 1.17. The van der Waals surface area contributed by atoms with E-state index in [-0.39, 0.29) is 5.75 Å². The molecule has 2 rings (SSSR count). The van der Waals surface area contributed by atoms with Crippen molar-refractivity contribution >= 4 is 32.0 Å². The van der Waals surface area contributed by atoms with Crippen LogP contribution >= 0.6 is 11.3 Å². The van der Waals surface area contributed by atoms with Gasteiger partial charge in [0.15, 0.2) is 0 Å². The molecule has 1 aromatic carbocycles. The van der Waals surface area contributed by atoms with Gasteiger partial charge in [-0.1, -0.05) is 18.2 Å². The van der Waals surface area contributed by atoms with Crippen molar-refractivity contribution in [1.29, 1.82) is 5.26 Å². The number of hydrogen-bond acceptors (Lipinski definition) is 5. The third-order valence-corrected chi connectivity index (χ3v) is 4.60. The first kappa shape index (κ1) is 13.4. The van der Waals surface area contributed by atoms with Crippen LogP contribution < -0.4 is 10.5 Å². The summed E-state index contributed by atoms with van der Waals surface area (Å²) < 4.78 is 26.4. The molecule has 5 nitrogen and oxygen atoms in total. The van der Waals surface area contributed by atoms with Crippen molar-refractivity contribution in [2.45, 2.75) is 5.75 Å². The van der Waals surface area contributed by atoms with Crippen LogP contribution in [0.1, 0.15) is 11.1 Å². The lowest BCUT2D eigenvalue weighted by atomic mass is 10.2. The molecule has 0 saturated heterocycles. The van der Waals surface area contributed by atoms with Crippen LogP contribution in [0.3, 0.4) is 0 Å². The second kappa shape index (κ2) is 5.30. The van der Waals surface area contributed by atoms with Gasteiger partial charge in [0.25, 0.3) is 0 Å². The van der Waals surface area contributed by atoms with Crippen molar-refractivity contribution in [3.05, 3.63) is 46.8 Å². The lowest BCUT2D eigenvalue weighted by Gasteiger charge is -2.08. The number of nitrogens with two attached hydrogens (primary N) is 1. The number of nitrogen functional groups attached to an aromatic ring is 1. The molecule has 0 amide bonds. The molecule has 0 atom stereocenters. The van der Waals surface area contributed by atoms with E-state index >= 15 is 0 Å². The highest BCUT2D eigenvalue weighted by molar-refractivity contribution is 7.92. The van der Waals surface area contributed by atoms with Crippen LogP contribution in [0.5, 0.6) is 0 Å².